The second-order valence-electron chi connectivity index (χ2n) is 5.88. The van der Waals surface area contributed by atoms with Gasteiger partial charge in [0, 0.05) is 57.4 Å². The monoisotopic (exact) mass is 290 g/mol. The molecule has 1 aromatic rings. The first-order valence-corrected chi connectivity index (χ1v) is 7.63. The molecule has 1 N–H and O–H groups in total. The van der Waals surface area contributed by atoms with Crippen molar-refractivity contribution in [3.8, 4) is 0 Å². The van der Waals surface area contributed by atoms with Gasteiger partial charge in [0.15, 0.2) is 0 Å². The van der Waals surface area contributed by atoms with E-state index in [-0.39, 0.29) is 10.6 Å². The van der Waals surface area contributed by atoms with Gasteiger partial charge in [0.25, 0.3) is 5.69 Å². The van der Waals surface area contributed by atoms with E-state index in [2.05, 4.69) is 15.1 Å². The molecule has 2 heterocycles. The van der Waals surface area contributed by atoms with Gasteiger partial charge in [-0.3, -0.25) is 19.9 Å². The predicted molar refractivity (Wildman–Crippen MR) is 81.2 cm³/mol. The SMILES string of the molecule is O=[N+]([O-])c1ccc(CN2CCN(C3CCNC3)CC2)cc1. The summed E-state index contributed by atoms with van der Waals surface area (Å²) in [4.78, 5) is 15.3. The summed E-state index contributed by atoms with van der Waals surface area (Å²) >= 11 is 0. The minimum absolute atomic E-state index is 0.164. The highest BCUT2D eigenvalue weighted by atomic mass is 16.6. The van der Waals surface area contributed by atoms with Gasteiger partial charge >= 0.3 is 0 Å². The van der Waals surface area contributed by atoms with Crippen LogP contribution in [0.15, 0.2) is 24.3 Å². The molecule has 0 radical (unpaired) electrons. The molecule has 2 fully saturated rings. The zero-order chi connectivity index (χ0) is 14.7. The van der Waals surface area contributed by atoms with Gasteiger partial charge in [-0.2, -0.15) is 0 Å². The van der Waals surface area contributed by atoms with Crippen LogP contribution in [0.25, 0.3) is 0 Å². The van der Waals surface area contributed by atoms with Crippen molar-refractivity contribution in [1.82, 2.24) is 15.1 Å². The fourth-order valence-corrected chi connectivity index (χ4v) is 3.22. The van der Waals surface area contributed by atoms with E-state index < -0.39 is 0 Å². The summed E-state index contributed by atoms with van der Waals surface area (Å²) < 4.78 is 0. The van der Waals surface area contributed by atoms with Crippen LogP contribution in [0.1, 0.15) is 12.0 Å². The third-order valence-electron chi connectivity index (χ3n) is 4.51. The first-order chi connectivity index (χ1) is 10.2. The van der Waals surface area contributed by atoms with E-state index in [1.54, 1.807) is 12.1 Å². The maximum Gasteiger partial charge on any atom is 0.269 e. The third kappa shape index (κ3) is 3.58. The number of hydrogen-bond donors (Lipinski definition) is 1. The molecule has 21 heavy (non-hydrogen) atoms. The summed E-state index contributed by atoms with van der Waals surface area (Å²) in [6, 6.07) is 7.63. The van der Waals surface area contributed by atoms with E-state index in [4.69, 9.17) is 0 Å². The summed E-state index contributed by atoms with van der Waals surface area (Å²) in [5.41, 5.74) is 1.31. The lowest BCUT2D eigenvalue weighted by Crippen LogP contribution is -2.50. The fourth-order valence-electron chi connectivity index (χ4n) is 3.22. The fraction of sp³-hybridized carbons (Fsp3) is 0.600. The van der Waals surface area contributed by atoms with Crippen LogP contribution in [0.4, 0.5) is 5.69 Å². The van der Waals surface area contributed by atoms with Crippen LogP contribution in [-0.4, -0.2) is 60.0 Å². The highest BCUT2D eigenvalue weighted by Gasteiger charge is 2.25. The highest BCUT2D eigenvalue weighted by Crippen LogP contribution is 2.16. The Morgan fingerprint density at radius 2 is 1.90 bits per heavy atom. The predicted octanol–water partition coefficient (Wildman–Crippen LogP) is 1.07. The number of non-ortho nitro benzene ring substituents is 1. The van der Waals surface area contributed by atoms with Crippen LogP contribution in [0.2, 0.25) is 0 Å². The van der Waals surface area contributed by atoms with Crippen molar-refractivity contribution in [3.05, 3.63) is 39.9 Å². The number of nitro groups is 1. The summed E-state index contributed by atoms with van der Waals surface area (Å²) in [6.45, 7) is 7.56. The lowest BCUT2D eigenvalue weighted by atomic mass is 10.1. The molecule has 3 rings (SSSR count). The first-order valence-electron chi connectivity index (χ1n) is 7.63. The van der Waals surface area contributed by atoms with Gasteiger partial charge in [0.2, 0.25) is 0 Å². The molecule has 114 valence electrons. The molecule has 6 heteroatoms. The molecule has 0 amide bonds. The van der Waals surface area contributed by atoms with Crippen LogP contribution in [-0.2, 0) is 6.54 Å². The third-order valence-corrected chi connectivity index (χ3v) is 4.51. The van der Waals surface area contributed by atoms with Crippen molar-refractivity contribution in [1.29, 1.82) is 0 Å². The second kappa shape index (κ2) is 6.51. The Hall–Kier alpha value is -1.50. The smallest absolute Gasteiger partial charge is 0.269 e. The van der Waals surface area contributed by atoms with E-state index in [9.17, 15) is 10.1 Å². The molecule has 2 saturated heterocycles. The van der Waals surface area contributed by atoms with Crippen molar-refractivity contribution in [2.45, 2.75) is 19.0 Å². The number of hydrogen-bond acceptors (Lipinski definition) is 5. The van der Waals surface area contributed by atoms with Crippen molar-refractivity contribution < 1.29 is 4.92 Å². The van der Waals surface area contributed by atoms with Gasteiger partial charge in [0.05, 0.1) is 4.92 Å². The number of piperazine rings is 1. The van der Waals surface area contributed by atoms with Gasteiger partial charge in [-0.05, 0) is 18.5 Å². The topological polar surface area (TPSA) is 61.7 Å². The van der Waals surface area contributed by atoms with Crippen molar-refractivity contribution in [2.24, 2.45) is 0 Å². The normalized spacial score (nSPS) is 24.3. The maximum absolute atomic E-state index is 10.6. The van der Waals surface area contributed by atoms with Crippen molar-refractivity contribution in [2.75, 3.05) is 39.3 Å². The molecular weight excluding hydrogens is 268 g/mol. The molecule has 1 atom stereocenters. The molecule has 2 aliphatic rings. The standard InChI is InChI=1S/C15H22N4O2/c20-19(21)14-3-1-13(2-4-14)12-17-7-9-18(10-8-17)15-5-6-16-11-15/h1-4,15-16H,5-12H2. The Bertz CT molecular complexity index is 477. The highest BCUT2D eigenvalue weighted by molar-refractivity contribution is 5.32. The van der Waals surface area contributed by atoms with Crippen molar-refractivity contribution >= 4 is 5.69 Å². The molecular formula is C15H22N4O2. The van der Waals surface area contributed by atoms with Crippen LogP contribution in [0, 0.1) is 10.1 Å². The Balaban J connectivity index is 1.49. The van der Waals surface area contributed by atoms with Crippen LogP contribution < -0.4 is 5.32 Å². The summed E-state index contributed by atoms with van der Waals surface area (Å²) in [7, 11) is 0. The Morgan fingerprint density at radius 3 is 2.48 bits per heavy atom. The molecule has 1 aromatic carbocycles. The average molecular weight is 290 g/mol. The maximum atomic E-state index is 10.6. The van der Waals surface area contributed by atoms with E-state index in [0.717, 1.165) is 51.4 Å². The van der Waals surface area contributed by atoms with E-state index in [0.29, 0.717) is 6.04 Å². The molecule has 0 aromatic heterocycles. The van der Waals surface area contributed by atoms with Gasteiger partial charge in [-0.1, -0.05) is 12.1 Å². The lowest BCUT2D eigenvalue weighted by molar-refractivity contribution is -0.384. The number of benzene rings is 1. The molecule has 0 bridgehead atoms. The molecule has 0 spiro atoms. The van der Waals surface area contributed by atoms with Crippen LogP contribution in [0.5, 0.6) is 0 Å². The Morgan fingerprint density at radius 1 is 1.19 bits per heavy atom. The van der Waals surface area contributed by atoms with E-state index >= 15 is 0 Å². The van der Waals surface area contributed by atoms with E-state index in [1.165, 1.54) is 6.42 Å². The zero-order valence-electron chi connectivity index (χ0n) is 12.2. The quantitative estimate of drug-likeness (QED) is 0.664. The minimum Gasteiger partial charge on any atom is -0.315 e. The Labute approximate surface area is 124 Å². The summed E-state index contributed by atoms with van der Waals surface area (Å²) in [5.74, 6) is 0. The number of nitro benzene ring substituents is 1. The largest absolute Gasteiger partial charge is 0.315 e. The minimum atomic E-state index is -0.349. The molecule has 1 unspecified atom stereocenters. The number of rotatable bonds is 4. The summed E-state index contributed by atoms with van der Waals surface area (Å²) in [5, 5.41) is 14.1. The van der Waals surface area contributed by atoms with Gasteiger partial charge in [-0.15, -0.1) is 0 Å². The van der Waals surface area contributed by atoms with Gasteiger partial charge in [-0.25, -0.2) is 0 Å². The first kappa shape index (κ1) is 14.4. The number of nitrogens with zero attached hydrogens (tertiary/aromatic N) is 3. The summed E-state index contributed by atoms with van der Waals surface area (Å²) in [6.07, 6.45) is 1.27. The van der Waals surface area contributed by atoms with Crippen LogP contribution >= 0.6 is 0 Å². The zero-order valence-corrected chi connectivity index (χ0v) is 12.2. The lowest BCUT2D eigenvalue weighted by Gasteiger charge is -2.37. The van der Waals surface area contributed by atoms with Gasteiger partial charge in [0.1, 0.15) is 0 Å². The number of nitrogens with one attached hydrogen (secondary N) is 1. The van der Waals surface area contributed by atoms with Gasteiger partial charge < -0.3 is 5.32 Å². The molecule has 6 nitrogen and oxygen atoms in total. The van der Waals surface area contributed by atoms with Crippen molar-refractivity contribution in [3.63, 3.8) is 0 Å². The van der Waals surface area contributed by atoms with E-state index in [1.807, 2.05) is 12.1 Å². The molecule has 2 aliphatic heterocycles. The average Bonchev–Trinajstić information content (AvgIpc) is 3.03. The second-order valence-corrected chi connectivity index (χ2v) is 5.88. The van der Waals surface area contributed by atoms with Crippen LogP contribution in [0.3, 0.4) is 0 Å². The molecule has 0 saturated carbocycles. The molecule has 0 aliphatic carbocycles. The Kier molecular flexibility index (Phi) is 4.48.